The molecule has 0 unspecified atom stereocenters. The lowest BCUT2D eigenvalue weighted by Crippen LogP contribution is -2.62. The summed E-state index contributed by atoms with van der Waals surface area (Å²) in [6.45, 7) is 0. The minimum atomic E-state index is -0.943. The molecule has 2 bridgehead atoms. The second-order valence-electron chi connectivity index (χ2n) is 10.1. The molecule has 0 spiro atoms. The van der Waals surface area contributed by atoms with Gasteiger partial charge >= 0.3 is 0 Å². The monoisotopic (exact) mass is 506 g/mol. The number of methoxy groups -OCH3 is 2. The van der Waals surface area contributed by atoms with Crippen molar-refractivity contribution in [2.24, 2.45) is 0 Å². The Morgan fingerprint density at radius 2 is 1.86 bits per heavy atom. The standard InChI is InChI=1S/C27H31FN6O3/c1-36-23-11-16(13-30-27(23)37-2)15-6-9-19(22(35)10-15)26-29-14-24(32-33-26)34(18-7-8-18)21-12-17-4-3-5-20(31-17)25(21)28/h6,9-11,13-14,17-18,20-21,25,31,35H,3-5,7-8,12H2,1-2H3/t17-,20-,21+,25-/m0/s1. The van der Waals surface area contributed by atoms with Crippen molar-refractivity contribution in [3.63, 3.8) is 0 Å². The van der Waals surface area contributed by atoms with Gasteiger partial charge in [-0.2, -0.15) is 0 Å². The van der Waals surface area contributed by atoms with Crippen molar-refractivity contribution in [1.82, 2.24) is 25.5 Å². The smallest absolute Gasteiger partial charge is 0.256 e. The minimum absolute atomic E-state index is 0.0240. The molecule has 2 aliphatic heterocycles. The molecular weight excluding hydrogens is 475 g/mol. The lowest BCUT2D eigenvalue weighted by Gasteiger charge is -2.47. The second-order valence-corrected chi connectivity index (χ2v) is 10.1. The van der Waals surface area contributed by atoms with Crippen LogP contribution in [-0.2, 0) is 0 Å². The number of nitrogens with zero attached hydrogens (tertiary/aromatic N) is 5. The number of aromatic nitrogens is 4. The van der Waals surface area contributed by atoms with Gasteiger partial charge in [-0.25, -0.2) is 14.4 Å². The number of halogens is 1. The van der Waals surface area contributed by atoms with Crippen molar-refractivity contribution in [2.75, 3.05) is 19.1 Å². The highest BCUT2D eigenvalue weighted by Gasteiger charge is 2.46. The molecule has 4 heterocycles. The summed E-state index contributed by atoms with van der Waals surface area (Å²) in [7, 11) is 3.08. The number of hydrogen-bond donors (Lipinski definition) is 2. The lowest BCUT2D eigenvalue weighted by atomic mass is 9.82. The van der Waals surface area contributed by atoms with Crippen LogP contribution in [0.15, 0.2) is 36.7 Å². The molecule has 2 aromatic heterocycles. The Labute approximate surface area is 215 Å². The summed E-state index contributed by atoms with van der Waals surface area (Å²) in [6.07, 6.45) is 8.26. The van der Waals surface area contributed by atoms with Crippen LogP contribution in [0.5, 0.6) is 17.4 Å². The molecule has 1 aliphatic carbocycles. The number of nitrogens with one attached hydrogen (secondary N) is 1. The van der Waals surface area contributed by atoms with E-state index in [1.807, 2.05) is 6.07 Å². The Morgan fingerprint density at radius 1 is 1.00 bits per heavy atom. The highest BCUT2D eigenvalue weighted by atomic mass is 19.1. The number of hydrogen-bond acceptors (Lipinski definition) is 9. The Bertz CT molecular complexity index is 1270. The Hall–Kier alpha value is -3.53. The Morgan fingerprint density at radius 3 is 2.57 bits per heavy atom. The van der Waals surface area contributed by atoms with E-state index < -0.39 is 6.17 Å². The summed E-state index contributed by atoms with van der Waals surface area (Å²) in [6, 6.07) is 7.37. The van der Waals surface area contributed by atoms with Crippen LogP contribution in [0.3, 0.4) is 0 Å². The van der Waals surface area contributed by atoms with Crippen LogP contribution in [0, 0.1) is 0 Å². The molecule has 3 aliphatic rings. The zero-order valence-electron chi connectivity index (χ0n) is 21.0. The van der Waals surface area contributed by atoms with Gasteiger partial charge in [0, 0.05) is 29.9 Å². The molecule has 1 aromatic carbocycles. The topological polar surface area (TPSA) is 106 Å². The van der Waals surface area contributed by atoms with Gasteiger partial charge in [0.05, 0.1) is 32.0 Å². The first-order valence-electron chi connectivity index (χ1n) is 12.9. The highest BCUT2D eigenvalue weighted by molar-refractivity contribution is 5.73. The summed E-state index contributed by atoms with van der Waals surface area (Å²) >= 11 is 0. The van der Waals surface area contributed by atoms with Crippen molar-refractivity contribution < 1.29 is 19.0 Å². The summed E-state index contributed by atoms with van der Waals surface area (Å²) in [4.78, 5) is 10.9. The molecule has 2 saturated heterocycles. The van der Waals surface area contributed by atoms with Crippen molar-refractivity contribution in [1.29, 1.82) is 0 Å². The van der Waals surface area contributed by atoms with Crippen molar-refractivity contribution in [3.8, 4) is 39.9 Å². The van der Waals surface area contributed by atoms with Gasteiger partial charge in [0.2, 0.25) is 0 Å². The summed E-state index contributed by atoms with van der Waals surface area (Å²) in [5.74, 6) is 1.83. The summed E-state index contributed by atoms with van der Waals surface area (Å²) < 4.78 is 26.0. The number of anilines is 1. The average molecular weight is 507 g/mol. The third kappa shape index (κ3) is 4.54. The number of alkyl halides is 1. The van der Waals surface area contributed by atoms with Crippen LogP contribution in [0.25, 0.3) is 22.5 Å². The number of phenolic OH excluding ortho intramolecular Hbond substituents is 1. The third-order valence-corrected chi connectivity index (χ3v) is 7.71. The van der Waals surface area contributed by atoms with Crippen LogP contribution in [-0.4, -0.2) is 69.8 Å². The SMILES string of the molecule is COc1cc(-c2ccc(-c3ncc(N(C4CC4)[C@@H]4C[C@@H]5CCC[C@H](N5)[C@@H]4F)nn3)c(O)c2)cnc1OC. The van der Waals surface area contributed by atoms with Crippen LogP contribution >= 0.6 is 0 Å². The van der Waals surface area contributed by atoms with Crippen LogP contribution in [0.1, 0.15) is 38.5 Å². The molecule has 1 saturated carbocycles. The fourth-order valence-corrected chi connectivity index (χ4v) is 5.73. The predicted molar refractivity (Wildman–Crippen MR) is 137 cm³/mol. The first kappa shape index (κ1) is 23.8. The number of benzene rings is 1. The number of phenols is 1. The van der Waals surface area contributed by atoms with E-state index in [-0.39, 0.29) is 23.9 Å². The number of ether oxygens (including phenoxy) is 2. The van der Waals surface area contributed by atoms with E-state index in [2.05, 4.69) is 30.4 Å². The van der Waals surface area contributed by atoms with E-state index in [1.54, 1.807) is 37.7 Å². The van der Waals surface area contributed by atoms with Gasteiger partial charge in [-0.3, -0.25) is 0 Å². The minimum Gasteiger partial charge on any atom is -0.507 e. The molecule has 0 radical (unpaired) electrons. The first-order chi connectivity index (χ1) is 18.1. The fraction of sp³-hybridized carbons (Fsp3) is 0.481. The van der Waals surface area contributed by atoms with Crippen LogP contribution < -0.4 is 19.7 Å². The maximum atomic E-state index is 15.5. The number of rotatable bonds is 7. The molecule has 6 rings (SSSR count). The number of aromatic hydroxyl groups is 1. The first-order valence-corrected chi connectivity index (χ1v) is 12.9. The molecule has 37 heavy (non-hydrogen) atoms. The number of pyridine rings is 1. The fourth-order valence-electron chi connectivity index (χ4n) is 5.73. The van der Waals surface area contributed by atoms with Gasteiger partial charge in [0.1, 0.15) is 11.9 Å². The maximum Gasteiger partial charge on any atom is 0.256 e. The molecule has 2 N–H and O–H groups in total. The molecule has 3 aromatic rings. The molecule has 10 heteroatoms. The zero-order chi connectivity index (χ0) is 25.5. The van der Waals surface area contributed by atoms with E-state index in [4.69, 9.17) is 9.47 Å². The van der Waals surface area contributed by atoms with E-state index >= 15 is 4.39 Å². The largest absolute Gasteiger partial charge is 0.507 e. The molecule has 194 valence electrons. The van der Waals surface area contributed by atoms with Gasteiger partial charge in [0.25, 0.3) is 5.88 Å². The second kappa shape index (κ2) is 9.74. The zero-order valence-corrected chi connectivity index (χ0v) is 21.0. The molecular formula is C27H31FN6O3. The Kier molecular flexibility index (Phi) is 6.27. The average Bonchev–Trinajstić information content (AvgIpc) is 3.77. The normalized spacial score (nSPS) is 24.9. The molecule has 0 amide bonds. The quantitative estimate of drug-likeness (QED) is 0.493. The van der Waals surface area contributed by atoms with Crippen molar-refractivity contribution >= 4 is 5.82 Å². The third-order valence-electron chi connectivity index (χ3n) is 7.71. The highest BCUT2D eigenvalue weighted by Crippen LogP contribution is 2.40. The maximum absolute atomic E-state index is 15.5. The lowest BCUT2D eigenvalue weighted by molar-refractivity contribution is 0.104. The molecule has 9 nitrogen and oxygen atoms in total. The summed E-state index contributed by atoms with van der Waals surface area (Å²) in [5.41, 5.74) is 1.99. The van der Waals surface area contributed by atoms with Gasteiger partial charge < -0.3 is 24.8 Å². The molecule has 3 fully saturated rings. The van der Waals surface area contributed by atoms with Crippen molar-refractivity contribution in [3.05, 3.63) is 36.7 Å². The Balaban J connectivity index is 1.25. The van der Waals surface area contributed by atoms with Crippen LogP contribution in [0.4, 0.5) is 10.2 Å². The van der Waals surface area contributed by atoms with Crippen LogP contribution in [0.2, 0.25) is 0 Å². The number of fused-ring (bicyclic) bond motifs is 2. The van der Waals surface area contributed by atoms with E-state index in [1.165, 1.54) is 7.11 Å². The van der Waals surface area contributed by atoms with Gasteiger partial charge in [-0.1, -0.05) is 12.5 Å². The molecule has 4 atom stereocenters. The van der Waals surface area contributed by atoms with Gasteiger partial charge in [0.15, 0.2) is 17.4 Å². The van der Waals surface area contributed by atoms with E-state index in [9.17, 15) is 5.11 Å². The van der Waals surface area contributed by atoms with E-state index in [0.29, 0.717) is 34.9 Å². The van der Waals surface area contributed by atoms with E-state index in [0.717, 1.165) is 49.7 Å². The summed E-state index contributed by atoms with van der Waals surface area (Å²) in [5, 5.41) is 23.0. The number of piperidine rings is 2. The van der Waals surface area contributed by atoms with Gasteiger partial charge in [-0.15, -0.1) is 10.2 Å². The van der Waals surface area contributed by atoms with Crippen molar-refractivity contribution in [2.45, 2.75) is 68.9 Å². The van der Waals surface area contributed by atoms with Gasteiger partial charge in [-0.05, 0) is 55.9 Å². The predicted octanol–water partition coefficient (Wildman–Crippen LogP) is 3.91.